The molecule has 0 N–H and O–H groups in total. The number of rotatable bonds is 3. The zero-order valence-electron chi connectivity index (χ0n) is 9.31. The van der Waals surface area contributed by atoms with Gasteiger partial charge in [-0.1, -0.05) is 11.6 Å². The molecule has 2 rings (SSSR count). The lowest BCUT2D eigenvalue weighted by Crippen LogP contribution is -2.04. The van der Waals surface area contributed by atoms with Crippen molar-refractivity contribution in [2.75, 3.05) is 7.11 Å². The molecule has 0 radical (unpaired) electrons. The Labute approximate surface area is 117 Å². The predicted molar refractivity (Wildman–Crippen MR) is 72.7 cm³/mol. The number of methoxy groups -OCH3 is 1. The van der Waals surface area contributed by atoms with Gasteiger partial charge in [-0.3, -0.25) is 4.68 Å². The first-order valence-electron chi connectivity index (χ1n) is 4.82. The smallest absolute Gasteiger partial charge is 0.179 e. The van der Waals surface area contributed by atoms with E-state index in [2.05, 4.69) is 37.7 Å². The fraction of sp³-hybridized carbons (Fsp3) is 0.300. The number of aryl methyl sites for hydroxylation is 1. The molecular formula is C10H10ClIN4O. The molecule has 2 heterocycles. The van der Waals surface area contributed by atoms with Gasteiger partial charge in [0, 0.05) is 20.4 Å². The third kappa shape index (κ3) is 2.58. The Morgan fingerprint density at radius 2 is 2.24 bits per heavy atom. The first-order chi connectivity index (χ1) is 8.13. The van der Waals surface area contributed by atoms with Crippen molar-refractivity contribution in [1.82, 2.24) is 19.7 Å². The standard InChI is InChI=1S/C10H10ClIN4O/c1-16-7(3-4-13-16)10-14-6(5-17-2)8(12)9(11)15-10/h3-4H,5H2,1-2H3. The van der Waals surface area contributed by atoms with Crippen LogP contribution in [0.5, 0.6) is 0 Å². The van der Waals surface area contributed by atoms with Crippen LogP contribution in [0.4, 0.5) is 0 Å². The lowest BCUT2D eigenvalue weighted by atomic mass is 10.3. The summed E-state index contributed by atoms with van der Waals surface area (Å²) in [6, 6.07) is 1.84. The van der Waals surface area contributed by atoms with Gasteiger partial charge >= 0.3 is 0 Å². The largest absolute Gasteiger partial charge is 0.378 e. The second-order valence-electron chi connectivity index (χ2n) is 3.37. The molecule has 17 heavy (non-hydrogen) atoms. The summed E-state index contributed by atoms with van der Waals surface area (Å²) in [5.41, 5.74) is 1.60. The Kier molecular flexibility index (Phi) is 3.95. The third-order valence-electron chi connectivity index (χ3n) is 2.21. The van der Waals surface area contributed by atoms with E-state index in [1.807, 2.05) is 13.1 Å². The Hall–Kier alpha value is -0.730. The highest BCUT2D eigenvalue weighted by Gasteiger charge is 2.13. The van der Waals surface area contributed by atoms with Crippen LogP contribution in [0, 0.1) is 3.57 Å². The van der Waals surface area contributed by atoms with Crippen LogP contribution in [0.25, 0.3) is 11.5 Å². The molecule has 0 spiro atoms. The Morgan fingerprint density at radius 1 is 1.47 bits per heavy atom. The first kappa shape index (κ1) is 12.7. The molecule has 2 aromatic rings. The van der Waals surface area contributed by atoms with Gasteiger partial charge in [0.1, 0.15) is 10.8 Å². The molecule has 7 heteroatoms. The van der Waals surface area contributed by atoms with Crippen molar-refractivity contribution in [3.05, 3.63) is 26.7 Å². The Morgan fingerprint density at radius 3 is 2.82 bits per heavy atom. The number of nitrogens with zero attached hydrogens (tertiary/aromatic N) is 4. The van der Waals surface area contributed by atoms with Gasteiger partial charge in [0.25, 0.3) is 0 Å². The van der Waals surface area contributed by atoms with Crippen LogP contribution < -0.4 is 0 Å². The predicted octanol–water partition coefficient (Wildman–Crippen LogP) is 2.28. The highest BCUT2D eigenvalue weighted by Crippen LogP contribution is 2.23. The maximum absolute atomic E-state index is 6.08. The zero-order valence-corrected chi connectivity index (χ0v) is 12.2. The van der Waals surface area contributed by atoms with Crippen molar-refractivity contribution in [2.45, 2.75) is 6.61 Å². The molecular weight excluding hydrogens is 354 g/mol. The van der Waals surface area contributed by atoms with Gasteiger partial charge in [0.15, 0.2) is 5.82 Å². The van der Waals surface area contributed by atoms with Crippen LogP contribution in [0.1, 0.15) is 5.69 Å². The van der Waals surface area contributed by atoms with Crippen LogP contribution in [0.15, 0.2) is 12.3 Å². The Balaban J connectivity index is 2.53. The second-order valence-corrected chi connectivity index (χ2v) is 4.81. The summed E-state index contributed by atoms with van der Waals surface area (Å²) in [5, 5.41) is 4.52. The van der Waals surface area contributed by atoms with E-state index in [4.69, 9.17) is 16.3 Å². The minimum Gasteiger partial charge on any atom is -0.378 e. The van der Waals surface area contributed by atoms with E-state index < -0.39 is 0 Å². The fourth-order valence-corrected chi connectivity index (χ4v) is 1.99. The summed E-state index contributed by atoms with van der Waals surface area (Å²) in [6.45, 7) is 0.408. The minimum atomic E-state index is 0.408. The molecule has 0 fully saturated rings. The summed E-state index contributed by atoms with van der Waals surface area (Å²) in [6.07, 6.45) is 1.69. The zero-order chi connectivity index (χ0) is 12.4. The van der Waals surface area contributed by atoms with Crippen LogP contribution >= 0.6 is 34.2 Å². The van der Waals surface area contributed by atoms with E-state index in [-0.39, 0.29) is 0 Å². The van der Waals surface area contributed by atoms with Gasteiger partial charge in [0.05, 0.1) is 15.9 Å². The number of aromatic nitrogens is 4. The van der Waals surface area contributed by atoms with E-state index in [0.717, 1.165) is 15.0 Å². The van der Waals surface area contributed by atoms with Crippen LogP contribution in [0.3, 0.4) is 0 Å². The van der Waals surface area contributed by atoms with E-state index in [1.165, 1.54) is 0 Å². The quantitative estimate of drug-likeness (QED) is 0.619. The highest BCUT2D eigenvalue weighted by atomic mass is 127. The summed E-state index contributed by atoms with van der Waals surface area (Å²) in [5.74, 6) is 0.558. The van der Waals surface area contributed by atoms with Crippen molar-refractivity contribution < 1.29 is 4.74 Å². The van der Waals surface area contributed by atoms with Crippen molar-refractivity contribution in [1.29, 1.82) is 0 Å². The molecule has 0 amide bonds. The molecule has 0 atom stereocenters. The van der Waals surface area contributed by atoms with E-state index in [1.54, 1.807) is 18.0 Å². The third-order valence-corrected chi connectivity index (χ3v) is 3.94. The topological polar surface area (TPSA) is 52.8 Å². The minimum absolute atomic E-state index is 0.408. The molecule has 0 bridgehead atoms. The van der Waals surface area contributed by atoms with Crippen molar-refractivity contribution in [2.24, 2.45) is 7.05 Å². The average molecular weight is 365 g/mol. The van der Waals surface area contributed by atoms with E-state index in [0.29, 0.717) is 17.6 Å². The molecule has 0 aliphatic heterocycles. The van der Waals surface area contributed by atoms with Gasteiger partial charge in [-0.25, -0.2) is 9.97 Å². The summed E-state index contributed by atoms with van der Waals surface area (Å²) < 4.78 is 7.61. The first-order valence-corrected chi connectivity index (χ1v) is 6.28. The van der Waals surface area contributed by atoms with Gasteiger partial charge in [0.2, 0.25) is 0 Å². The number of ether oxygens (including phenoxy) is 1. The molecule has 5 nitrogen and oxygen atoms in total. The SMILES string of the molecule is COCc1nc(-c2ccnn2C)nc(Cl)c1I. The van der Waals surface area contributed by atoms with Gasteiger partial charge in [-0.05, 0) is 28.7 Å². The second kappa shape index (κ2) is 5.28. The van der Waals surface area contributed by atoms with Crippen LogP contribution in [-0.2, 0) is 18.4 Å². The maximum atomic E-state index is 6.08. The highest BCUT2D eigenvalue weighted by molar-refractivity contribution is 14.1. The molecule has 0 saturated heterocycles. The maximum Gasteiger partial charge on any atom is 0.179 e. The number of halogens is 2. The number of hydrogen-bond donors (Lipinski definition) is 0. The Bertz CT molecular complexity index is 543. The van der Waals surface area contributed by atoms with Crippen molar-refractivity contribution >= 4 is 34.2 Å². The average Bonchev–Trinajstić information content (AvgIpc) is 2.71. The molecule has 0 aliphatic carbocycles. The summed E-state index contributed by atoms with van der Waals surface area (Å²) in [7, 11) is 3.45. The molecule has 0 unspecified atom stereocenters. The van der Waals surface area contributed by atoms with Gasteiger partial charge in [-0.2, -0.15) is 5.10 Å². The number of hydrogen-bond acceptors (Lipinski definition) is 4. The molecule has 0 aliphatic rings. The van der Waals surface area contributed by atoms with Crippen LogP contribution in [-0.4, -0.2) is 26.9 Å². The van der Waals surface area contributed by atoms with E-state index >= 15 is 0 Å². The van der Waals surface area contributed by atoms with Gasteiger partial charge < -0.3 is 4.74 Å². The normalized spacial score (nSPS) is 10.8. The lowest BCUT2D eigenvalue weighted by molar-refractivity contribution is 0.181. The lowest BCUT2D eigenvalue weighted by Gasteiger charge is -2.07. The monoisotopic (exact) mass is 364 g/mol. The fourth-order valence-electron chi connectivity index (χ4n) is 1.40. The summed E-state index contributed by atoms with van der Waals surface area (Å²) in [4.78, 5) is 8.69. The molecule has 0 aromatic carbocycles. The van der Waals surface area contributed by atoms with Crippen LogP contribution in [0.2, 0.25) is 5.15 Å². The van der Waals surface area contributed by atoms with Gasteiger partial charge in [-0.15, -0.1) is 0 Å². The molecule has 0 saturated carbocycles. The molecule has 90 valence electrons. The summed E-state index contributed by atoms with van der Waals surface area (Å²) >= 11 is 8.19. The van der Waals surface area contributed by atoms with Crippen molar-refractivity contribution in [3.8, 4) is 11.5 Å². The van der Waals surface area contributed by atoms with Crippen molar-refractivity contribution in [3.63, 3.8) is 0 Å². The molecule has 2 aromatic heterocycles. The van der Waals surface area contributed by atoms with E-state index in [9.17, 15) is 0 Å².